The van der Waals surface area contributed by atoms with E-state index in [0.29, 0.717) is 26.2 Å². The van der Waals surface area contributed by atoms with Crippen molar-refractivity contribution in [2.24, 2.45) is 0 Å². The third-order valence-corrected chi connectivity index (χ3v) is 7.75. The van der Waals surface area contributed by atoms with E-state index in [-0.39, 0.29) is 21.9 Å². The molecule has 10 heteroatoms. The minimum atomic E-state index is -3.83. The number of nitrogens with zero attached hydrogens (tertiary/aromatic N) is 2. The van der Waals surface area contributed by atoms with Crippen molar-refractivity contribution < 1.29 is 27.1 Å². The Morgan fingerprint density at radius 2 is 1.60 bits per heavy atom. The first kappa shape index (κ1) is 24.5. The molecule has 1 fully saturated rings. The number of rotatable bonds is 7. The Bertz CT molecular complexity index is 1310. The number of hydrogen-bond donors (Lipinski definition) is 1. The maximum Gasteiger partial charge on any atom is 0.258 e. The van der Waals surface area contributed by atoms with E-state index in [4.69, 9.17) is 9.47 Å². The molecule has 184 valence electrons. The summed E-state index contributed by atoms with van der Waals surface area (Å²) in [6.07, 6.45) is 0. The molecule has 8 nitrogen and oxygen atoms in total. The van der Waals surface area contributed by atoms with Crippen molar-refractivity contribution in [3.63, 3.8) is 0 Å². The number of sulfonamides is 1. The van der Waals surface area contributed by atoms with Crippen molar-refractivity contribution in [2.75, 3.05) is 50.6 Å². The fraction of sp³-hybridized carbons (Fsp3) is 0.240. The monoisotopic (exact) mass is 499 g/mol. The Morgan fingerprint density at radius 1 is 0.914 bits per heavy atom. The number of ether oxygens (including phenoxy) is 2. The molecule has 1 N–H and O–H groups in total. The summed E-state index contributed by atoms with van der Waals surface area (Å²) < 4.78 is 52.6. The fourth-order valence-electron chi connectivity index (χ4n) is 3.91. The van der Waals surface area contributed by atoms with Crippen LogP contribution < -0.4 is 19.7 Å². The average molecular weight is 500 g/mol. The second-order valence-electron chi connectivity index (χ2n) is 7.89. The van der Waals surface area contributed by atoms with Gasteiger partial charge in [0.1, 0.15) is 17.3 Å². The minimum absolute atomic E-state index is 0.0139. The smallest absolute Gasteiger partial charge is 0.258 e. The molecule has 4 rings (SSSR count). The lowest BCUT2D eigenvalue weighted by molar-refractivity contribution is 0.102. The first-order chi connectivity index (χ1) is 16.8. The van der Waals surface area contributed by atoms with Gasteiger partial charge in [0.15, 0.2) is 0 Å². The van der Waals surface area contributed by atoms with Crippen LogP contribution in [-0.4, -0.2) is 59.0 Å². The van der Waals surface area contributed by atoms with Crippen molar-refractivity contribution >= 4 is 27.3 Å². The Balaban J connectivity index is 1.51. The molecule has 0 bridgehead atoms. The molecule has 0 atom stereocenters. The molecule has 1 amide bonds. The van der Waals surface area contributed by atoms with Gasteiger partial charge in [0.2, 0.25) is 10.0 Å². The van der Waals surface area contributed by atoms with E-state index in [9.17, 15) is 17.6 Å². The van der Waals surface area contributed by atoms with Gasteiger partial charge in [-0.1, -0.05) is 12.1 Å². The summed E-state index contributed by atoms with van der Waals surface area (Å²) in [6.45, 7) is 1.66. The number of benzene rings is 3. The molecular weight excluding hydrogens is 473 g/mol. The van der Waals surface area contributed by atoms with Gasteiger partial charge in [-0.3, -0.25) is 4.79 Å². The highest BCUT2D eigenvalue weighted by Gasteiger charge is 2.29. The second-order valence-corrected chi connectivity index (χ2v) is 9.82. The van der Waals surface area contributed by atoms with Crippen LogP contribution in [0, 0.1) is 5.82 Å². The summed E-state index contributed by atoms with van der Waals surface area (Å²) in [5.74, 6) is -0.364. The van der Waals surface area contributed by atoms with Crippen molar-refractivity contribution in [2.45, 2.75) is 4.90 Å². The van der Waals surface area contributed by atoms with Crippen LogP contribution >= 0.6 is 0 Å². The number of carbonyl (C=O) groups excluding carboxylic acids is 1. The summed E-state index contributed by atoms with van der Waals surface area (Å²) >= 11 is 0. The lowest BCUT2D eigenvalue weighted by atomic mass is 10.2. The molecule has 35 heavy (non-hydrogen) atoms. The SMILES string of the molecule is COc1ccc(N2CCN(S(=O)(=O)c3ccc(OC)c(NC(=O)c4ccccc4F)c3)CC2)cc1. The number of halogens is 1. The number of amides is 1. The van der Waals surface area contributed by atoms with Crippen LogP contribution in [0.5, 0.6) is 11.5 Å². The number of nitrogens with one attached hydrogen (secondary N) is 1. The zero-order valence-corrected chi connectivity index (χ0v) is 20.2. The van der Waals surface area contributed by atoms with Crippen molar-refractivity contribution in [3.8, 4) is 11.5 Å². The van der Waals surface area contributed by atoms with Gasteiger partial charge in [-0.25, -0.2) is 12.8 Å². The van der Waals surface area contributed by atoms with E-state index in [1.165, 1.54) is 47.8 Å². The molecule has 0 aromatic heterocycles. The predicted molar refractivity (Wildman–Crippen MR) is 131 cm³/mol. The zero-order chi connectivity index (χ0) is 25.0. The van der Waals surface area contributed by atoms with Gasteiger partial charge in [-0.15, -0.1) is 0 Å². The summed E-state index contributed by atoms with van der Waals surface area (Å²) in [5.41, 5.74) is 0.974. The van der Waals surface area contributed by atoms with Crippen LogP contribution in [-0.2, 0) is 10.0 Å². The quantitative estimate of drug-likeness (QED) is 0.535. The molecule has 1 aliphatic heterocycles. The van der Waals surface area contributed by atoms with Gasteiger partial charge in [0.25, 0.3) is 5.91 Å². The largest absolute Gasteiger partial charge is 0.497 e. The molecule has 0 spiro atoms. The number of piperazine rings is 1. The summed E-state index contributed by atoms with van der Waals surface area (Å²) in [6, 6.07) is 17.4. The maximum absolute atomic E-state index is 14.0. The summed E-state index contributed by atoms with van der Waals surface area (Å²) in [5, 5.41) is 2.57. The molecule has 1 saturated heterocycles. The molecule has 0 aliphatic carbocycles. The van der Waals surface area contributed by atoms with E-state index in [1.807, 2.05) is 24.3 Å². The van der Waals surface area contributed by atoms with Gasteiger partial charge in [0.05, 0.1) is 30.4 Å². The van der Waals surface area contributed by atoms with E-state index >= 15 is 0 Å². The number of hydrogen-bond acceptors (Lipinski definition) is 6. The van der Waals surface area contributed by atoms with Gasteiger partial charge in [-0.05, 0) is 54.6 Å². The van der Waals surface area contributed by atoms with Crippen LogP contribution in [0.2, 0.25) is 0 Å². The molecule has 3 aromatic rings. The molecule has 1 aliphatic rings. The highest BCUT2D eigenvalue weighted by Crippen LogP contribution is 2.30. The molecule has 1 heterocycles. The third-order valence-electron chi connectivity index (χ3n) is 5.85. The first-order valence-electron chi connectivity index (χ1n) is 11.0. The van der Waals surface area contributed by atoms with Crippen LogP contribution in [0.1, 0.15) is 10.4 Å². The van der Waals surface area contributed by atoms with E-state index in [0.717, 1.165) is 11.4 Å². The van der Waals surface area contributed by atoms with E-state index in [1.54, 1.807) is 13.2 Å². The minimum Gasteiger partial charge on any atom is -0.497 e. The first-order valence-corrected chi connectivity index (χ1v) is 12.4. The molecular formula is C25H26FN3O5S. The average Bonchev–Trinajstić information content (AvgIpc) is 2.89. The van der Waals surface area contributed by atoms with Crippen molar-refractivity contribution in [3.05, 3.63) is 78.1 Å². The van der Waals surface area contributed by atoms with Gasteiger partial charge >= 0.3 is 0 Å². The molecule has 0 unspecified atom stereocenters. The van der Waals surface area contributed by atoms with E-state index in [2.05, 4.69) is 10.2 Å². The standard InChI is InChI=1S/C25H26FN3O5S/c1-33-19-9-7-18(8-10-19)28-13-15-29(16-14-28)35(31,32)20-11-12-24(34-2)23(17-20)27-25(30)21-5-3-4-6-22(21)26/h3-12,17H,13-16H2,1-2H3,(H,27,30). The van der Waals surface area contributed by atoms with Crippen molar-refractivity contribution in [1.29, 1.82) is 0 Å². The lowest BCUT2D eigenvalue weighted by Crippen LogP contribution is -2.48. The van der Waals surface area contributed by atoms with Gasteiger partial charge in [-0.2, -0.15) is 4.31 Å². The van der Waals surface area contributed by atoms with Crippen LogP contribution in [0.4, 0.5) is 15.8 Å². The van der Waals surface area contributed by atoms with Gasteiger partial charge < -0.3 is 19.7 Å². The summed E-state index contributed by atoms with van der Waals surface area (Å²) in [7, 11) is -0.819. The topological polar surface area (TPSA) is 88.2 Å². The summed E-state index contributed by atoms with van der Waals surface area (Å²) in [4.78, 5) is 14.7. The van der Waals surface area contributed by atoms with Crippen molar-refractivity contribution in [1.82, 2.24) is 4.31 Å². The van der Waals surface area contributed by atoms with Crippen LogP contribution in [0.3, 0.4) is 0 Å². The maximum atomic E-state index is 14.0. The molecule has 0 radical (unpaired) electrons. The van der Waals surface area contributed by atoms with E-state index < -0.39 is 21.7 Å². The van der Waals surface area contributed by atoms with Crippen LogP contribution in [0.25, 0.3) is 0 Å². The number of anilines is 2. The second kappa shape index (κ2) is 10.3. The molecule has 3 aromatic carbocycles. The number of carbonyl (C=O) groups is 1. The normalized spacial score (nSPS) is 14.4. The van der Waals surface area contributed by atoms with Crippen LogP contribution in [0.15, 0.2) is 71.6 Å². The third kappa shape index (κ3) is 5.23. The Hall–Kier alpha value is -3.63. The number of methoxy groups -OCH3 is 2. The van der Waals surface area contributed by atoms with Gasteiger partial charge in [0, 0.05) is 31.9 Å². The lowest BCUT2D eigenvalue weighted by Gasteiger charge is -2.35. The Morgan fingerprint density at radius 3 is 2.23 bits per heavy atom. The molecule has 0 saturated carbocycles. The Labute approximate surface area is 203 Å². The fourth-order valence-corrected chi connectivity index (χ4v) is 5.36. The predicted octanol–water partition coefficient (Wildman–Crippen LogP) is 3.61. The highest BCUT2D eigenvalue weighted by molar-refractivity contribution is 7.89. The Kier molecular flexibility index (Phi) is 7.23. The zero-order valence-electron chi connectivity index (χ0n) is 19.4. The highest BCUT2D eigenvalue weighted by atomic mass is 32.2.